The maximum Gasteiger partial charge on any atom is 0.241 e. The first-order chi connectivity index (χ1) is 10.1. The summed E-state index contributed by atoms with van der Waals surface area (Å²) in [6.07, 6.45) is -0.248. The van der Waals surface area contributed by atoms with E-state index < -0.39 is 5.82 Å². The Balaban J connectivity index is 0.00000176. The van der Waals surface area contributed by atoms with E-state index in [-0.39, 0.29) is 25.7 Å². The summed E-state index contributed by atoms with van der Waals surface area (Å²) in [6.45, 7) is 0. The Hall–Kier alpha value is -2.69. The molecule has 0 fully saturated rings. The van der Waals surface area contributed by atoms with Crippen molar-refractivity contribution in [1.82, 2.24) is 0 Å². The Kier molecular flexibility index (Phi) is 4.26. The van der Waals surface area contributed by atoms with Crippen LogP contribution in [0.4, 0.5) is 21.5 Å². The van der Waals surface area contributed by atoms with Gasteiger partial charge in [-0.15, -0.1) is 0 Å². The van der Waals surface area contributed by atoms with Gasteiger partial charge in [0.25, 0.3) is 0 Å². The molecular formula is C17H17FN2O2. The smallest absolute Gasteiger partial charge is 0.241 e. The van der Waals surface area contributed by atoms with E-state index in [9.17, 15) is 14.0 Å². The summed E-state index contributed by atoms with van der Waals surface area (Å²) in [4.78, 5) is 27.2. The highest BCUT2D eigenvalue weighted by molar-refractivity contribution is 6.17. The lowest BCUT2D eigenvalue weighted by molar-refractivity contribution is -0.125. The van der Waals surface area contributed by atoms with Crippen LogP contribution in [0, 0.1) is 5.82 Å². The second kappa shape index (κ2) is 5.97. The first-order valence-electron chi connectivity index (χ1n) is 6.52. The summed E-state index contributed by atoms with van der Waals surface area (Å²) in [5.74, 6) is -1.14. The van der Waals surface area contributed by atoms with Crippen molar-refractivity contribution in [2.75, 3.05) is 16.8 Å². The first kappa shape index (κ1) is 15.7. The lowest BCUT2D eigenvalue weighted by Crippen LogP contribution is -2.28. The molecule has 2 aromatic carbocycles. The molecule has 2 aromatic rings. The topological polar surface area (TPSA) is 40.6 Å². The molecule has 0 atom stereocenters. The SMILES string of the molecule is C.CN1C(=O)CC(=O)N(c2ccccc2)c2cc([18F])ccc21. The van der Waals surface area contributed by atoms with Crippen LogP contribution < -0.4 is 9.80 Å². The zero-order valence-electron chi connectivity index (χ0n) is 11.4. The van der Waals surface area contributed by atoms with Gasteiger partial charge in [-0.25, -0.2) is 4.39 Å². The molecule has 4 nitrogen and oxygen atoms in total. The molecule has 22 heavy (non-hydrogen) atoms. The van der Waals surface area contributed by atoms with Gasteiger partial charge >= 0.3 is 0 Å². The molecule has 3 rings (SSSR count). The maximum absolute atomic E-state index is 13.6. The van der Waals surface area contributed by atoms with Crippen LogP contribution in [0.1, 0.15) is 13.8 Å². The first-order valence-corrected chi connectivity index (χ1v) is 6.52. The molecule has 0 saturated carbocycles. The molecule has 1 aliphatic heterocycles. The van der Waals surface area contributed by atoms with Crippen LogP contribution >= 0.6 is 0 Å². The van der Waals surface area contributed by atoms with Gasteiger partial charge in [-0.1, -0.05) is 25.6 Å². The number of fused-ring (bicyclic) bond motifs is 1. The van der Waals surface area contributed by atoms with E-state index in [1.807, 2.05) is 6.07 Å². The van der Waals surface area contributed by atoms with Gasteiger partial charge in [-0.05, 0) is 24.3 Å². The Morgan fingerprint density at radius 2 is 1.64 bits per heavy atom. The van der Waals surface area contributed by atoms with E-state index in [1.54, 1.807) is 31.3 Å². The number of hydrogen-bond acceptors (Lipinski definition) is 2. The van der Waals surface area contributed by atoms with Crippen LogP contribution in [0.25, 0.3) is 0 Å². The minimum Gasteiger partial charge on any atom is -0.313 e. The van der Waals surface area contributed by atoms with Crippen molar-refractivity contribution in [3.63, 3.8) is 0 Å². The molecule has 0 unspecified atom stereocenters. The van der Waals surface area contributed by atoms with Crippen LogP contribution in [0.2, 0.25) is 0 Å². The fourth-order valence-corrected chi connectivity index (χ4v) is 2.42. The third kappa shape index (κ3) is 2.57. The highest BCUT2D eigenvalue weighted by Crippen LogP contribution is 2.37. The summed E-state index contributed by atoms with van der Waals surface area (Å²) in [6, 6.07) is 13.0. The number of carbonyl (C=O) groups excluding carboxylic acids is 2. The normalized spacial score (nSPS) is 14.3. The molecule has 0 radical (unpaired) electrons. The Labute approximate surface area is 128 Å². The number of benzene rings is 2. The van der Waals surface area contributed by atoms with Crippen LogP contribution in [0.3, 0.4) is 0 Å². The number of halogens is 1. The van der Waals surface area contributed by atoms with Crippen LogP contribution in [0.5, 0.6) is 0 Å². The molecule has 0 saturated heterocycles. The predicted molar refractivity (Wildman–Crippen MR) is 84.7 cm³/mol. The molecule has 0 aromatic heterocycles. The van der Waals surface area contributed by atoms with E-state index in [0.717, 1.165) is 0 Å². The van der Waals surface area contributed by atoms with Crippen molar-refractivity contribution < 1.29 is 14.0 Å². The number of para-hydroxylation sites is 1. The molecule has 0 N–H and O–H groups in total. The van der Waals surface area contributed by atoms with Gasteiger partial charge in [0.05, 0.1) is 11.4 Å². The monoisotopic (exact) mass is 299 g/mol. The molecule has 0 aliphatic carbocycles. The second-order valence-corrected chi connectivity index (χ2v) is 4.83. The molecule has 2 amide bonds. The van der Waals surface area contributed by atoms with E-state index in [2.05, 4.69) is 0 Å². The average Bonchev–Trinajstić information content (AvgIpc) is 2.56. The highest BCUT2D eigenvalue weighted by atomic mass is 18.2. The number of carbonyl (C=O) groups is 2. The minimum absolute atomic E-state index is 0. The molecule has 0 bridgehead atoms. The predicted octanol–water partition coefficient (Wildman–Crippen LogP) is 3.49. The van der Waals surface area contributed by atoms with Gasteiger partial charge in [-0.3, -0.25) is 14.5 Å². The molecule has 1 aliphatic rings. The zero-order valence-corrected chi connectivity index (χ0v) is 11.4. The number of amides is 2. The minimum atomic E-state index is -0.453. The third-order valence-corrected chi connectivity index (χ3v) is 3.48. The lowest BCUT2D eigenvalue weighted by atomic mass is 10.2. The largest absolute Gasteiger partial charge is 0.313 e. The Morgan fingerprint density at radius 1 is 0.955 bits per heavy atom. The number of anilines is 3. The average molecular weight is 299 g/mol. The molecule has 0 spiro atoms. The molecule has 1 heterocycles. The number of nitrogens with zero attached hydrogens (tertiary/aromatic N) is 2. The summed E-state index contributed by atoms with van der Waals surface area (Å²) in [5, 5.41) is 0. The fraction of sp³-hybridized carbons (Fsp3) is 0.176. The molecule has 5 heteroatoms. The highest BCUT2D eigenvalue weighted by Gasteiger charge is 2.30. The van der Waals surface area contributed by atoms with Crippen molar-refractivity contribution in [3.05, 3.63) is 54.3 Å². The van der Waals surface area contributed by atoms with Crippen molar-refractivity contribution >= 4 is 28.9 Å². The summed E-state index contributed by atoms with van der Waals surface area (Å²) in [5.41, 5.74) is 1.49. The van der Waals surface area contributed by atoms with Crippen LogP contribution in [-0.4, -0.2) is 18.9 Å². The van der Waals surface area contributed by atoms with Gasteiger partial charge in [0, 0.05) is 18.8 Å². The van der Waals surface area contributed by atoms with Gasteiger partial charge in [0.2, 0.25) is 11.8 Å². The standard InChI is InChI=1S/C16H13FN2O2.CH4/c1-18-13-8-7-11(17)9-14(13)19(16(21)10-15(18)20)12-5-3-2-4-6-12;/h2-9H,10H2,1H3;1H4/i17-1;. The number of hydrogen-bond donors (Lipinski definition) is 0. The molecule has 114 valence electrons. The van der Waals surface area contributed by atoms with Crippen LogP contribution in [0.15, 0.2) is 48.5 Å². The Morgan fingerprint density at radius 3 is 2.32 bits per heavy atom. The van der Waals surface area contributed by atoms with Gasteiger partial charge in [0.1, 0.15) is 12.2 Å². The summed E-state index contributed by atoms with van der Waals surface area (Å²) in [7, 11) is 1.58. The van der Waals surface area contributed by atoms with E-state index >= 15 is 0 Å². The van der Waals surface area contributed by atoms with Crippen molar-refractivity contribution in [2.45, 2.75) is 13.8 Å². The summed E-state index contributed by atoms with van der Waals surface area (Å²) < 4.78 is 13.6. The van der Waals surface area contributed by atoms with Crippen LogP contribution in [-0.2, 0) is 9.59 Å². The lowest BCUT2D eigenvalue weighted by Gasteiger charge is -2.23. The number of rotatable bonds is 1. The van der Waals surface area contributed by atoms with Gasteiger partial charge in [0.15, 0.2) is 0 Å². The van der Waals surface area contributed by atoms with E-state index in [4.69, 9.17) is 0 Å². The van der Waals surface area contributed by atoms with E-state index in [0.29, 0.717) is 17.1 Å². The Bertz CT molecular complexity index is 716. The van der Waals surface area contributed by atoms with Crippen molar-refractivity contribution in [2.24, 2.45) is 0 Å². The van der Waals surface area contributed by atoms with Gasteiger partial charge in [-0.2, -0.15) is 0 Å². The third-order valence-electron chi connectivity index (χ3n) is 3.48. The van der Waals surface area contributed by atoms with E-state index in [1.165, 1.54) is 28.0 Å². The van der Waals surface area contributed by atoms with Crippen molar-refractivity contribution in [3.8, 4) is 0 Å². The van der Waals surface area contributed by atoms with Gasteiger partial charge < -0.3 is 4.90 Å². The summed E-state index contributed by atoms with van der Waals surface area (Å²) >= 11 is 0. The second-order valence-electron chi connectivity index (χ2n) is 4.83. The maximum atomic E-state index is 13.6. The quantitative estimate of drug-likeness (QED) is 0.756. The van der Waals surface area contributed by atoms with Crippen molar-refractivity contribution in [1.29, 1.82) is 0 Å². The fourth-order valence-electron chi connectivity index (χ4n) is 2.42. The molecular weight excluding hydrogens is 282 g/mol. The zero-order chi connectivity index (χ0) is 15.0.